The van der Waals surface area contributed by atoms with Gasteiger partial charge in [-0.3, -0.25) is 4.98 Å². The molecule has 3 rings (SSSR count). The van der Waals surface area contributed by atoms with Crippen molar-refractivity contribution in [1.82, 2.24) is 4.98 Å². The van der Waals surface area contributed by atoms with Crippen LogP contribution in [0, 0.1) is 0 Å². The van der Waals surface area contributed by atoms with Crippen LogP contribution < -0.4 is 11.1 Å². The number of rotatable bonds is 9. The van der Waals surface area contributed by atoms with Gasteiger partial charge in [0.05, 0.1) is 5.52 Å². The molecule has 1 aromatic carbocycles. The number of fused-ring (bicyclic) bond motifs is 2. The number of hydrogen-bond donors (Lipinski definition) is 2. The van der Waals surface area contributed by atoms with Crippen LogP contribution in [0.4, 0.5) is 5.69 Å². The molecule has 0 radical (unpaired) electrons. The minimum atomic E-state index is 0.367. The second kappa shape index (κ2) is 9.57. The molecule has 0 spiro atoms. The van der Waals surface area contributed by atoms with Crippen molar-refractivity contribution in [2.75, 3.05) is 11.9 Å². The van der Waals surface area contributed by atoms with Crippen molar-refractivity contribution in [3.63, 3.8) is 0 Å². The molecular formula is C22H32ClN3. The summed E-state index contributed by atoms with van der Waals surface area (Å²) in [6.45, 7) is 3.22. The molecule has 0 saturated carbocycles. The van der Waals surface area contributed by atoms with E-state index in [0.29, 0.717) is 6.04 Å². The molecule has 1 aliphatic rings. The molecule has 1 heterocycles. The van der Waals surface area contributed by atoms with E-state index in [0.717, 1.165) is 49.2 Å². The highest BCUT2D eigenvalue weighted by Gasteiger charge is 2.18. The molecule has 2 aromatic rings. The van der Waals surface area contributed by atoms with Gasteiger partial charge in [0, 0.05) is 34.4 Å². The van der Waals surface area contributed by atoms with Crippen LogP contribution in [-0.2, 0) is 12.8 Å². The van der Waals surface area contributed by atoms with Gasteiger partial charge in [0.25, 0.3) is 0 Å². The topological polar surface area (TPSA) is 50.9 Å². The first-order valence-electron chi connectivity index (χ1n) is 10.3. The highest BCUT2D eigenvalue weighted by atomic mass is 35.5. The second-order valence-corrected chi connectivity index (χ2v) is 8.04. The van der Waals surface area contributed by atoms with Crippen molar-refractivity contribution < 1.29 is 0 Å². The van der Waals surface area contributed by atoms with Gasteiger partial charge in [0.1, 0.15) is 0 Å². The predicted molar refractivity (Wildman–Crippen MR) is 113 cm³/mol. The standard InChI is InChI=1S/C22H32ClN3/c1-2-3-8-17(24)9-6-7-14-25-22-18-10-4-5-11-20(18)26-21-15-16(23)12-13-19(21)22/h12-13,15,17H,2-11,14,24H2,1H3,(H,25,26). The first kappa shape index (κ1) is 19.4. The number of aromatic nitrogens is 1. The first-order valence-corrected chi connectivity index (χ1v) is 10.7. The Morgan fingerprint density at radius 2 is 1.96 bits per heavy atom. The van der Waals surface area contributed by atoms with E-state index >= 15 is 0 Å². The van der Waals surface area contributed by atoms with Gasteiger partial charge in [-0.2, -0.15) is 0 Å². The molecule has 0 bridgehead atoms. The molecule has 0 fully saturated rings. The first-order chi connectivity index (χ1) is 12.7. The van der Waals surface area contributed by atoms with Gasteiger partial charge in [-0.05, 0) is 68.7 Å². The number of aryl methyl sites for hydroxylation is 1. The van der Waals surface area contributed by atoms with Gasteiger partial charge in [0.2, 0.25) is 0 Å². The Labute approximate surface area is 162 Å². The maximum absolute atomic E-state index is 6.19. The van der Waals surface area contributed by atoms with Crippen LogP contribution in [0.25, 0.3) is 10.9 Å². The fourth-order valence-electron chi connectivity index (χ4n) is 3.96. The fourth-order valence-corrected chi connectivity index (χ4v) is 4.12. The average Bonchev–Trinajstić information content (AvgIpc) is 2.65. The Morgan fingerprint density at radius 1 is 1.15 bits per heavy atom. The summed E-state index contributed by atoms with van der Waals surface area (Å²) in [5.41, 5.74) is 11.2. The van der Waals surface area contributed by atoms with Gasteiger partial charge < -0.3 is 11.1 Å². The van der Waals surface area contributed by atoms with Gasteiger partial charge >= 0.3 is 0 Å². The summed E-state index contributed by atoms with van der Waals surface area (Å²) in [6.07, 6.45) is 11.8. The van der Waals surface area contributed by atoms with Crippen molar-refractivity contribution in [1.29, 1.82) is 0 Å². The normalized spacial score (nSPS) is 15.0. The van der Waals surface area contributed by atoms with Crippen molar-refractivity contribution in [3.8, 4) is 0 Å². The Balaban J connectivity index is 1.65. The van der Waals surface area contributed by atoms with Crippen molar-refractivity contribution in [2.24, 2.45) is 5.73 Å². The molecule has 1 aromatic heterocycles. The highest BCUT2D eigenvalue weighted by Crippen LogP contribution is 2.34. The third-order valence-corrected chi connectivity index (χ3v) is 5.69. The molecule has 26 heavy (non-hydrogen) atoms. The summed E-state index contributed by atoms with van der Waals surface area (Å²) in [6, 6.07) is 6.44. The lowest BCUT2D eigenvalue weighted by molar-refractivity contribution is 0.517. The molecule has 1 unspecified atom stereocenters. The van der Waals surface area contributed by atoms with E-state index in [4.69, 9.17) is 22.3 Å². The molecule has 3 N–H and O–H groups in total. The molecular weight excluding hydrogens is 342 g/mol. The number of anilines is 1. The quantitative estimate of drug-likeness (QED) is 0.540. The maximum atomic E-state index is 6.19. The third kappa shape index (κ3) is 4.89. The third-order valence-electron chi connectivity index (χ3n) is 5.46. The van der Waals surface area contributed by atoms with E-state index in [1.54, 1.807) is 0 Å². The van der Waals surface area contributed by atoms with Gasteiger partial charge in [0.15, 0.2) is 0 Å². The SMILES string of the molecule is CCCCC(N)CCCCNc1c2c(nc3cc(Cl)ccc13)CCCC2. The molecule has 3 nitrogen and oxygen atoms in total. The summed E-state index contributed by atoms with van der Waals surface area (Å²) in [7, 11) is 0. The summed E-state index contributed by atoms with van der Waals surface area (Å²) in [4.78, 5) is 4.89. The molecule has 0 aliphatic heterocycles. The van der Waals surface area contributed by atoms with E-state index in [1.165, 1.54) is 54.4 Å². The van der Waals surface area contributed by atoms with Crippen LogP contribution in [-0.4, -0.2) is 17.6 Å². The molecule has 0 amide bonds. The van der Waals surface area contributed by atoms with E-state index in [9.17, 15) is 0 Å². The Hall–Kier alpha value is -1.32. The fraction of sp³-hybridized carbons (Fsp3) is 0.591. The monoisotopic (exact) mass is 373 g/mol. The summed E-state index contributed by atoms with van der Waals surface area (Å²) in [5.74, 6) is 0. The summed E-state index contributed by atoms with van der Waals surface area (Å²) in [5, 5.41) is 5.69. The van der Waals surface area contributed by atoms with Gasteiger partial charge in [-0.15, -0.1) is 0 Å². The zero-order valence-corrected chi connectivity index (χ0v) is 16.7. The Bertz CT molecular complexity index is 729. The average molecular weight is 374 g/mol. The second-order valence-electron chi connectivity index (χ2n) is 7.61. The predicted octanol–water partition coefficient (Wildman–Crippen LogP) is 5.87. The van der Waals surface area contributed by atoms with Crippen molar-refractivity contribution >= 4 is 28.2 Å². The number of hydrogen-bond acceptors (Lipinski definition) is 3. The number of nitrogens with two attached hydrogens (primary N) is 1. The minimum Gasteiger partial charge on any atom is -0.384 e. The van der Waals surface area contributed by atoms with Crippen LogP contribution in [0.2, 0.25) is 5.02 Å². The summed E-state index contributed by atoms with van der Waals surface area (Å²) < 4.78 is 0. The van der Waals surface area contributed by atoms with Crippen LogP contribution >= 0.6 is 11.6 Å². The molecule has 142 valence electrons. The number of halogens is 1. The summed E-state index contributed by atoms with van der Waals surface area (Å²) >= 11 is 6.19. The van der Waals surface area contributed by atoms with E-state index < -0.39 is 0 Å². The van der Waals surface area contributed by atoms with Crippen molar-refractivity contribution in [2.45, 2.75) is 77.2 Å². The zero-order chi connectivity index (χ0) is 18.4. The van der Waals surface area contributed by atoms with Gasteiger partial charge in [-0.1, -0.05) is 37.8 Å². The van der Waals surface area contributed by atoms with Crippen LogP contribution in [0.1, 0.15) is 69.5 Å². The molecule has 1 atom stereocenters. The van der Waals surface area contributed by atoms with E-state index in [1.807, 2.05) is 12.1 Å². The molecule has 1 aliphatic carbocycles. The number of pyridine rings is 1. The molecule has 4 heteroatoms. The van der Waals surface area contributed by atoms with E-state index in [-0.39, 0.29) is 0 Å². The lowest BCUT2D eigenvalue weighted by atomic mass is 9.92. The number of nitrogens with one attached hydrogen (secondary N) is 1. The number of benzene rings is 1. The maximum Gasteiger partial charge on any atom is 0.0741 e. The van der Waals surface area contributed by atoms with Crippen molar-refractivity contribution in [3.05, 3.63) is 34.5 Å². The highest BCUT2D eigenvalue weighted by molar-refractivity contribution is 6.31. The van der Waals surface area contributed by atoms with Crippen LogP contribution in [0.5, 0.6) is 0 Å². The van der Waals surface area contributed by atoms with Crippen LogP contribution in [0.3, 0.4) is 0 Å². The van der Waals surface area contributed by atoms with Crippen LogP contribution in [0.15, 0.2) is 18.2 Å². The molecule has 0 saturated heterocycles. The lowest BCUT2D eigenvalue weighted by Gasteiger charge is -2.22. The smallest absolute Gasteiger partial charge is 0.0741 e. The Kier molecular flexibility index (Phi) is 7.15. The Morgan fingerprint density at radius 3 is 2.81 bits per heavy atom. The minimum absolute atomic E-state index is 0.367. The van der Waals surface area contributed by atoms with Gasteiger partial charge in [-0.25, -0.2) is 0 Å². The largest absolute Gasteiger partial charge is 0.384 e. The lowest BCUT2D eigenvalue weighted by Crippen LogP contribution is -2.19. The number of nitrogens with zero attached hydrogens (tertiary/aromatic N) is 1. The number of unbranched alkanes of at least 4 members (excludes halogenated alkanes) is 2. The zero-order valence-electron chi connectivity index (χ0n) is 16.0. The van der Waals surface area contributed by atoms with E-state index in [2.05, 4.69) is 18.3 Å².